The molecule has 0 aliphatic heterocycles. The molecule has 0 saturated carbocycles. The number of hydrogen-bond donors (Lipinski definition) is 1. The van der Waals surface area contributed by atoms with Crippen molar-refractivity contribution in [1.29, 1.82) is 0 Å². The fourth-order valence-corrected chi connectivity index (χ4v) is 4.79. The van der Waals surface area contributed by atoms with Crippen molar-refractivity contribution in [3.63, 3.8) is 0 Å². The quantitative estimate of drug-likeness (QED) is 0.414. The molecule has 0 bridgehead atoms. The Bertz CT molecular complexity index is 1340. The summed E-state index contributed by atoms with van der Waals surface area (Å²) in [6, 6.07) is 7.44. The fourth-order valence-electron chi connectivity index (χ4n) is 3.80. The third-order valence-electron chi connectivity index (χ3n) is 5.42. The second kappa shape index (κ2) is 12.7. The van der Waals surface area contributed by atoms with E-state index in [-0.39, 0.29) is 68.7 Å². The number of methoxy groups -OCH3 is 1. The minimum Gasteiger partial charge on any atom is -0.481 e. The molecule has 12 heteroatoms. The van der Waals surface area contributed by atoms with Gasteiger partial charge in [0.05, 0.1) is 19.2 Å². The molecule has 189 valence electrons. The summed E-state index contributed by atoms with van der Waals surface area (Å²) in [7, 11) is 2.62. The van der Waals surface area contributed by atoms with Crippen LogP contribution in [0.3, 0.4) is 0 Å². The first-order chi connectivity index (χ1) is 16.4. The van der Waals surface area contributed by atoms with Gasteiger partial charge in [-0.2, -0.15) is 13.5 Å². The van der Waals surface area contributed by atoms with Gasteiger partial charge in [0.15, 0.2) is 5.03 Å². The average molecular weight is 543 g/mol. The number of benzene rings is 1. The first-order valence-corrected chi connectivity index (χ1v) is 12.5. The van der Waals surface area contributed by atoms with Crippen LogP contribution >= 0.6 is 0 Å². The van der Waals surface area contributed by atoms with Crippen LogP contribution in [-0.2, 0) is 34.8 Å². The predicted octanol–water partition coefficient (Wildman–Crippen LogP) is 2.48. The Hall–Kier alpha value is -1.67. The Balaban J connectivity index is 0.00000456. The maximum absolute atomic E-state index is 14.5. The summed E-state index contributed by atoms with van der Waals surface area (Å²) in [4.78, 5) is 18.9. The Morgan fingerprint density at radius 2 is 1.92 bits per heavy atom. The molecule has 0 aliphatic carbocycles. The second-order valence-electron chi connectivity index (χ2n) is 8.80. The molecular weight excluding hydrogens is 512 g/mol. The number of nitrogens with zero attached hydrogens (tertiary/aromatic N) is 4. The maximum atomic E-state index is 14.5. The summed E-state index contributed by atoms with van der Waals surface area (Å²) in [5, 5.41) is 3.81. The van der Waals surface area contributed by atoms with E-state index in [9.17, 15) is 17.6 Å². The van der Waals surface area contributed by atoms with Crippen molar-refractivity contribution >= 4 is 67.3 Å². The largest absolute Gasteiger partial charge is 0.481 e. The third kappa shape index (κ3) is 7.43. The van der Waals surface area contributed by atoms with Gasteiger partial charge in [0.2, 0.25) is 11.8 Å². The molecule has 0 spiro atoms. The number of aryl methyl sites for hydroxylation is 1. The van der Waals surface area contributed by atoms with Gasteiger partial charge in [0, 0.05) is 83.3 Å². The molecule has 0 saturated heterocycles. The zero-order chi connectivity index (χ0) is 25.9. The smallest absolute Gasteiger partial charge is 0.283 e. The van der Waals surface area contributed by atoms with E-state index in [0.29, 0.717) is 40.4 Å². The molecule has 0 fully saturated rings. The molecule has 1 amide bonds. The maximum Gasteiger partial charge on any atom is 0.283 e. The molecule has 3 aromatic rings. The van der Waals surface area contributed by atoms with Crippen LogP contribution in [0.15, 0.2) is 41.6 Å². The number of amides is 1. The molecule has 1 radical (unpaired) electrons. The molecular formula is C24H30FKN5O4S. The standard InChI is InChI=1S/C24H30FN5O4S.K/c1-15(2)19-10-17(25)11-20(16-7-8-26-23(9-16)34-6)21(19)13-22(31)28-35(32,33)24-12-18(14-29(3)4)30(5)27-24;/h7-12,15H,13-14H2,1-6H3,(H,28,31);. The van der Waals surface area contributed by atoms with E-state index in [0.717, 1.165) is 0 Å². The first kappa shape index (κ1) is 30.5. The number of sulfonamides is 1. The Kier molecular flexibility index (Phi) is 10.8. The van der Waals surface area contributed by atoms with Crippen molar-refractivity contribution < 1.29 is 22.3 Å². The van der Waals surface area contributed by atoms with Gasteiger partial charge >= 0.3 is 0 Å². The number of rotatable bonds is 9. The molecule has 0 unspecified atom stereocenters. The van der Waals surface area contributed by atoms with Crippen molar-refractivity contribution in [2.75, 3.05) is 21.2 Å². The SMILES string of the molecule is COc1cc(-c2cc(F)cc(C(C)C)c2CC(=O)NS(=O)(=O)c2cc(CN(C)C)n(C)n2)ccn1.[K]. The van der Waals surface area contributed by atoms with Gasteiger partial charge in [0.1, 0.15) is 5.82 Å². The summed E-state index contributed by atoms with van der Waals surface area (Å²) >= 11 is 0. The van der Waals surface area contributed by atoms with E-state index in [1.165, 1.54) is 36.2 Å². The van der Waals surface area contributed by atoms with Crippen molar-refractivity contribution in [2.45, 2.75) is 37.8 Å². The van der Waals surface area contributed by atoms with E-state index < -0.39 is 21.7 Å². The molecule has 9 nitrogen and oxygen atoms in total. The van der Waals surface area contributed by atoms with Crippen LogP contribution < -0.4 is 9.46 Å². The van der Waals surface area contributed by atoms with Crippen LogP contribution in [0.5, 0.6) is 5.88 Å². The van der Waals surface area contributed by atoms with E-state index in [4.69, 9.17) is 4.74 Å². The van der Waals surface area contributed by atoms with Gasteiger partial charge in [-0.3, -0.25) is 9.48 Å². The second-order valence-corrected chi connectivity index (χ2v) is 10.4. The number of carbonyl (C=O) groups excluding carboxylic acids is 1. The van der Waals surface area contributed by atoms with Gasteiger partial charge in [-0.25, -0.2) is 14.1 Å². The molecule has 36 heavy (non-hydrogen) atoms. The van der Waals surface area contributed by atoms with Crippen molar-refractivity contribution in [3.8, 4) is 17.0 Å². The van der Waals surface area contributed by atoms with Crippen molar-refractivity contribution in [3.05, 3.63) is 59.2 Å². The summed E-state index contributed by atoms with van der Waals surface area (Å²) in [6.45, 7) is 4.24. The molecule has 2 aromatic heterocycles. The minimum atomic E-state index is -4.20. The summed E-state index contributed by atoms with van der Waals surface area (Å²) in [5.74, 6) is -0.991. The normalized spacial score (nSPS) is 11.5. The average Bonchev–Trinajstić information content (AvgIpc) is 3.14. The molecule has 1 N–H and O–H groups in total. The number of halogens is 1. The Labute approximate surface area is 253 Å². The number of carbonyl (C=O) groups is 1. The molecule has 1 aromatic carbocycles. The predicted molar refractivity (Wildman–Crippen MR) is 136 cm³/mol. The van der Waals surface area contributed by atoms with Gasteiger partial charge in [0.25, 0.3) is 10.0 Å². The zero-order valence-electron chi connectivity index (χ0n) is 21.7. The number of hydrogen-bond acceptors (Lipinski definition) is 7. The number of ether oxygens (including phenoxy) is 1. The van der Waals surface area contributed by atoms with Crippen LogP contribution in [0.2, 0.25) is 0 Å². The van der Waals surface area contributed by atoms with E-state index >= 15 is 0 Å². The number of nitrogens with one attached hydrogen (secondary N) is 1. The zero-order valence-corrected chi connectivity index (χ0v) is 25.6. The van der Waals surface area contributed by atoms with Crippen LogP contribution in [0.25, 0.3) is 11.1 Å². The third-order valence-corrected chi connectivity index (χ3v) is 6.67. The van der Waals surface area contributed by atoms with Crippen LogP contribution in [-0.4, -0.2) is 107 Å². The molecule has 2 heterocycles. The van der Waals surface area contributed by atoms with Gasteiger partial charge in [-0.1, -0.05) is 13.8 Å². The van der Waals surface area contributed by atoms with Crippen LogP contribution in [0.1, 0.15) is 36.6 Å². The van der Waals surface area contributed by atoms with E-state index in [1.807, 2.05) is 32.8 Å². The first-order valence-electron chi connectivity index (χ1n) is 11.0. The Morgan fingerprint density at radius 1 is 1.22 bits per heavy atom. The fraction of sp³-hybridized carbons (Fsp3) is 0.375. The van der Waals surface area contributed by atoms with Crippen molar-refractivity contribution in [2.24, 2.45) is 7.05 Å². The topological polar surface area (TPSA) is 106 Å². The summed E-state index contributed by atoms with van der Waals surface area (Å²) in [6.07, 6.45) is 1.25. The minimum absolute atomic E-state index is 0. The number of aromatic nitrogens is 3. The van der Waals surface area contributed by atoms with Crippen LogP contribution in [0, 0.1) is 5.82 Å². The van der Waals surface area contributed by atoms with E-state index in [2.05, 4.69) is 14.8 Å². The summed E-state index contributed by atoms with van der Waals surface area (Å²) < 4.78 is 49.1. The Morgan fingerprint density at radius 3 is 2.53 bits per heavy atom. The van der Waals surface area contributed by atoms with Crippen LogP contribution in [0.4, 0.5) is 4.39 Å². The monoisotopic (exact) mass is 542 g/mol. The van der Waals surface area contributed by atoms with E-state index in [1.54, 1.807) is 19.2 Å². The molecule has 0 atom stereocenters. The molecule has 3 rings (SSSR count). The summed E-state index contributed by atoms with van der Waals surface area (Å²) in [5.41, 5.74) is 2.87. The van der Waals surface area contributed by atoms with Gasteiger partial charge in [-0.15, -0.1) is 0 Å². The number of pyridine rings is 1. The van der Waals surface area contributed by atoms with Gasteiger partial charge in [-0.05, 0) is 60.5 Å². The van der Waals surface area contributed by atoms with Crippen molar-refractivity contribution in [1.82, 2.24) is 24.4 Å². The molecule has 0 aliphatic rings. The van der Waals surface area contributed by atoms with Gasteiger partial charge < -0.3 is 9.64 Å².